The molecule has 0 aliphatic heterocycles. The summed E-state index contributed by atoms with van der Waals surface area (Å²) < 4.78 is 7.16. The highest BCUT2D eigenvalue weighted by molar-refractivity contribution is 6.04. The molecule has 8 heteroatoms. The number of nitrogens with zero attached hydrogens (tertiary/aromatic N) is 4. The summed E-state index contributed by atoms with van der Waals surface area (Å²) in [5.74, 6) is 0.307. The Hall–Kier alpha value is -3.70. The quantitative estimate of drug-likeness (QED) is 0.476. The van der Waals surface area contributed by atoms with E-state index in [0.29, 0.717) is 35.7 Å². The van der Waals surface area contributed by atoms with Crippen LogP contribution >= 0.6 is 0 Å². The number of benzene rings is 2. The highest BCUT2D eigenvalue weighted by Crippen LogP contribution is 2.29. The van der Waals surface area contributed by atoms with Crippen LogP contribution in [-0.4, -0.2) is 42.1 Å². The number of hydrogen-bond donors (Lipinski definition) is 1. The van der Waals surface area contributed by atoms with Crippen LogP contribution in [0.2, 0.25) is 0 Å². The van der Waals surface area contributed by atoms with Gasteiger partial charge in [0.25, 0.3) is 5.91 Å². The Morgan fingerprint density at radius 1 is 1.20 bits per heavy atom. The van der Waals surface area contributed by atoms with E-state index in [1.165, 1.54) is 6.42 Å². The molecule has 0 atom stereocenters. The number of nitrogens with one attached hydrogen (secondary N) is 1. The number of nitriles is 1. The SMILES string of the molecule is COCCCn1c(NC(=O)c2cccc(C#N)c2)nc2cc(N(C)C(=O)C3CCCCC3)ccc21. The number of hydrogen-bond acceptors (Lipinski definition) is 5. The molecule has 0 unspecified atom stereocenters. The standard InChI is InChI=1S/C27H31N5O3/c1-31(26(34)20-9-4-3-5-10-20)22-12-13-24-23(17-22)29-27(32(24)14-7-15-35-2)30-25(33)21-11-6-8-19(16-21)18-28/h6,8,11-13,16-17,20H,3-5,7,9-10,14-15H2,1-2H3,(H,29,30,33). The highest BCUT2D eigenvalue weighted by atomic mass is 16.5. The van der Waals surface area contributed by atoms with Crippen molar-refractivity contribution in [2.75, 3.05) is 31.0 Å². The van der Waals surface area contributed by atoms with Crippen molar-refractivity contribution in [3.05, 3.63) is 53.6 Å². The Labute approximate surface area is 205 Å². The Bertz CT molecular complexity index is 1250. The lowest BCUT2D eigenvalue weighted by molar-refractivity contribution is -0.123. The summed E-state index contributed by atoms with van der Waals surface area (Å²) >= 11 is 0. The first kappa shape index (κ1) is 24.4. The molecular weight excluding hydrogens is 442 g/mol. The minimum absolute atomic E-state index is 0.0788. The molecule has 1 fully saturated rings. The molecule has 0 bridgehead atoms. The van der Waals surface area contributed by atoms with Gasteiger partial charge < -0.3 is 14.2 Å². The zero-order valence-corrected chi connectivity index (χ0v) is 20.3. The van der Waals surface area contributed by atoms with Crippen molar-refractivity contribution in [2.24, 2.45) is 5.92 Å². The molecule has 35 heavy (non-hydrogen) atoms. The smallest absolute Gasteiger partial charge is 0.258 e. The predicted octanol–water partition coefficient (Wildman–Crippen LogP) is 4.74. The van der Waals surface area contributed by atoms with Crippen molar-refractivity contribution < 1.29 is 14.3 Å². The maximum absolute atomic E-state index is 13.0. The van der Waals surface area contributed by atoms with Crippen molar-refractivity contribution in [3.8, 4) is 6.07 Å². The summed E-state index contributed by atoms with van der Waals surface area (Å²) in [6, 6.07) is 14.4. The molecule has 1 aliphatic rings. The second-order valence-corrected chi connectivity index (χ2v) is 8.99. The number of carbonyl (C=O) groups excluding carboxylic acids is 2. The molecule has 3 aromatic rings. The number of ether oxygens (including phenoxy) is 1. The summed E-state index contributed by atoms with van der Waals surface area (Å²) in [7, 11) is 3.47. The first-order chi connectivity index (χ1) is 17.0. The molecular formula is C27H31N5O3. The van der Waals surface area contributed by atoms with Crippen LogP contribution in [0.15, 0.2) is 42.5 Å². The van der Waals surface area contributed by atoms with Crippen LogP contribution in [0.1, 0.15) is 54.4 Å². The van der Waals surface area contributed by atoms with E-state index < -0.39 is 0 Å². The Kier molecular flexibility index (Phi) is 7.78. The van der Waals surface area contributed by atoms with Crippen molar-refractivity contribution >= 4 is 34.5 Å². The summed E-state index contributed by atoms with van der Waals surface area (Å²) in [6.45, 7) is 1.18. The normalized spacial score (nSPS) is 14.0. The molecule has 2 amide bonds. The van der Waals surface area contributed by atoms with Crippen LogP contribution in [0.3, 0.4) is 0 Å². The number of carbonyl (C=O) groups is 2. The molecule has 0 spiro atoms. The molecule has 4 rings (SSSR count). The van der Waals surface area contributed by atoms with Crippen LogP contribution in [0.4, 0.5) is 11.6 Å². The Morgan fingerprint density at radius 3 is 2.74 bits per heavy atom. The number of amides is 2. The van der Waals surface area contributed by atoms with Gasteiger partial charge in [-0.25, -0.2) is 4.98 Å². The molecule has 8 nitrogen and oxygen atoms in total. The van der Waals surface area contributed by atoms with Gasteiger partial charge >= 0.3 is 0 Å². The van der Waals surface area contributed by atoms with Crippen molar-refractivity contribution in [1.29, 1.82) is 5.26 Å². The maximum Gasteiger partial charge on any atom is 0.258 e. The minimum atomic E-state index is -0.338. The largest absolute Gasteiger partial charge is 0.385 e. The van der Waals surface area contributed by atoms with Crippen molar-refractivity contribution in [3.63, 3.8) is 0 Å². The van der Waals surface area contributed by atoms with Crippen LogP contribution in [0.25, 0.3) is 11.0 Å². The molecule has 2 aromatic carbocycles. The first-order valence-electron chi connectivity index (χ1n) is 12.1. The monoisotopic (exact) mass is 473 g/mol. The van der Waals surface area contributed by atoms with Gasteiger partial charge in [-0.05, 0) is 55.7 Å². The fraction of sp³-hybridized carbons (Fsp3) is 0.407. The third kappa shape index (κ3) is 5.52. The van der Waals surface area contributed by atoms with Crippen LogP contribution < -0.4 is 10.2 Å². The van der Waals surface area contributed by atoms with E-state index in [1.807, 2.05) is 29.8 Å². The molecule has 1 N–H and O–H groups in total. The predicted molar refractivity (Wildman–Crippen MR) is 135 cm³/mol. The van der Waals surface area contributed by atoms with E-state index in [-0.39, 0.29) is 17.7 Å². The van der Waals surface area contributed by atoms with Gasteiger partial charge in [0, 0.05) is 44.5 Å². The molecule has 1 saturated carbocycles. The Balaban J connectivity index is 1.62. The molecule has 1 heterocycles. The Morgan fingerprint density at radius 2 is 2.00 bits per heavy atom. The number of aryl methyl sites for hydroxylation is 1. The lowest BCUT2D eigenvalue weighted by Crippen LogP contribution is -2.33. The van der Waals surface area contributed by atoms with E-state index in [0.717, 1.165) is 43.3 Å². The summed E-state index contributed by atoms with van der Waals surface area (Å²) in [6.07, 6.45) is 6.06. The molecule has 0 radical (unpaired) electrons. The summed E-state index contributed by atoms with van der Waals surface area (Å²) in [5.41, 5.74) is 3.16. The van der Waals surface area contributed by atoms with E-state index in [1.54, 1.807) is 36.3 Å². The zero-order chi connectivity index (χ0) is 24.8. The molecule has 1 aromatic heterocycles. The molecule has 182 valence electrons. The van der Waals surface area contributed by atoms with Gasteiger partial charge in [0.05, 0.1) is 22.7 Å². The fourth-order valence-corrected chi connectivity index (χ4v) is 4.67. The van der Waals surface area contributed by atoms with Gasteiger partial charge in [-0.2, -0.15) is 5.26 Å². The van der Waals surface area contributed by atoms with Crippen LogP contribution in [0, 0.1) is 17.2 Å². The van der Waals surface area contributed by atoms with Gasteiger partial charge in [0.2, 0.25) is 11.9 Å². The van der Waals surface area contributed by atoms with Gasteiger partial charge in [-0.1, -0.05) is 25.3 Å². The second kappa shape index (κ2) is 11.2. The fourth-order valence-electron chi connectivity index (χ4n) is 4.67. The van der Waals surface area contributed by atoms with E-state index in [9.17, 15) is 9.59 Å². The minimum Gasteiger partial charge on any atom is -0.385 e. The zero-order valence-electron chi connectivity index (χ0n) is 20.3. The van der Waals surface area contributed by atoms with Gasteiger partial charge in [-0.3, -0.25) is 14.9 Å². The van der Waals surface area contributed by atoms with Crippen LogP contribution in [-0.2, 0) is 16.1 Å². The number of rotatable bonds is 8. The first-order valence-corrected chi connectivity index (χ1v) is 12.1. The lowest BCUT2D eigenvalue weighted by Gasteiger charge is -2.26. The third-order valence-corrected chi connectivity index (χ3v) is 6.61. The summed E-state index contributed by atoms with van der Waals surface area (Å²) in [4.78, 5) is 32.4. The number of fused-ring (bicyclic) bond motifs is 1. The van der Waals surface area contributed by atoms with Crippen molar-refractivity contribution in [2.45, 2.75) is 45.1 Å². The molecule has 1 aliphatic carbocycles. The number of aromatic nitrogens is 2. The van der Waals surface area contributed by atoms with Gasteiger partial charge in [-0.15, -0.1) is 0 Å². The van der Waals surface area contributed by atoms with E-state index >= 15 is 0 Å². The third-order valence-electron chi connectivity index (χ3n) is 6.61. The van der Waals surface area contributed by atoms with Gasteiger partial charge in [0.15, 0.2) is 0 Å². The van der Waals surface area contributed by atoms with Crippen molar-refractivity contribution in [1.82, 2.24) is 9.55 Å². The summed E-state index contributed by atoms with van der Waals surface area (Å²) in [5, 5.41) is 12.0. The number of imidazole rings is 1. The van der Waals surface area contributed by atoms with E-state index in [4.69, 9.17) is 15.0 Å². The number of methoxy groups -OCH3 is 1. The molecule has 0 saturated heterocycles. The highest BCUT2D eigenvalue weighted by Gasteiger charge is 2.25. The van der Waals surface area contributed by atoms with Crippen LogP contribution in [0.5, 0.6) is 0 Å². The van der Waals surface area contributed by atoms with E-state index in [2.05, 4.69) is 11.4 Å². The average molecular weight is 474 g/mol. The lowest BCUT2D eigenvalue weighted by atomic mass is 9.88. The van der Waals surface area contributed by atoms with Gasteiger partial charge in [0.1, 0.15) is 0 Å². The average Bonchev–Trinajstić information content (AvgIpc) is 3.24. The topological polar surface area (TPSA) is 100 Å². The maximum atomic E-state index is 13.0. The second-order valence-electron chi connectivity index (χ2n) is 8.99. The number of anilines is 2.